The summed E-state index contributed by atoms with van der Waals surface area (Å²) in [5.74, 6) is 0.157. The number of rotatable bonds is 10. The van der Waals surface area contributed by atoms with Gasteiger partial charge in [-0.05, 0) is 13.3 Å². The predicted molar refractivity (Wildman–Crippen MR) is 69.3 cm³/mol. The van der Waals surface area contributed by atoms with Gasteiger partial charge in [0.25, 0.3) is 0 Å². The molecule has 1 unspecified atom stereocenters. The maximum atomic E-state index is 11.3. The van der Waals surface area contributed by atoms with Gasteiger partial charge in [-0.25, -0.2) is 0 Å². The van der Waals surface area contributed by atoms with Gasteiger partial charge in [-0.1, -0.05) is 0 Å². The molecule has 3 N–H and O–H groups in total. The molecule has 0 saturated carbocycles. The first-order valence-electron chi connectivity index (χ1n) is 5.89. The molecule has 0 heterocycles. The van der Waals surface area contributed by atoms with Crippen LogP contribution in [0.3, 0.4) is 0 Å². The highest BCUT2D eigenvalue weighted by Gasteiger charge is 2.06. The second kappa shape index (κ2) is 11.3. The second-order valence-corrected chi connectivity index (χ2v) is 4.64. The Kier molecular flexibility index (Phi) is 10.8. The van der Waals surface area contributed by atoms with Crippen molar-refractivity contribution in [1.29, 1.82) is 0 Å². The molecule has 106 valence electrons. The van der Waals surface area contributed by atoms with Gasteiger partial charge in [0.1, 0.15) is 0 Å². The van der Waals surface area contributed by atoms with Crippen molar-refractivity contribution in [2.24, 2.45) is 0 Å². The Hall–Kier alpha value is -0.790. The van der Waals surface area contributed by atoms with Gasteiger partial charge < -0.3 is 20.3 Å². The molecule has 0 aliphatic carbocycles. The molecule has 0 aromatic rings. The fourth-order valence-corrected chi connectivity index (χ4v) is 1.87. The van der Waals surface area contributed by atoms with Crippen LogP contribution in [0.1, 0.15) is 19.8 Å². The third-order valence-corrected chi connectivity index (χ3v) is 3.03. The van der Waals surface area contributed by atoms with Gasteiger partial charge in [0.05, 0.1) is 25.1 Å². The predicted octanol–water partition coefficient (Wildman–Crippen LogP) is -0.468. The van der Waals surface area contributed by atoms with Crippen LogP contribution in [0.4, 0.5) is 0 Å². The van der Waals surface area contributed by atoms with Gasteiger partial charge in [-0.3, -0.25) is 9.59 Å². The van der Waals surface area contributed by atoms with Crippen LogP contribution in [-0.4, -0.2) is 59.5 Å². The van der Waals surface area contributed by atoms with E-state index in [9.17, 15) is 9.59 Å². The molecule has 0 aliphatic heterocycles. The maximum Gasteiger partial charge on any atom is 0.305 e. The molecule has 0 bridgehead atoms. The van der Waals surface area contributed by atoms with Crippen LogP contribution in [0.15, 0.2) is 0 Å². The van der Waals surface area contributed by atoms with E-state index in [1.54, 1.807) is 6.92 Å². The van der Waals surface area contributed by atoms with Crippen molar-refractivity contribution in [2.75, 3.05) is 31.3 Å². The van der Waals surface area contributed by atoms with Gasteiger partial charge in [-0.15, -0.1) is 11.8 Å². The lowest BCUT2D eigenvalue weighted by Crippen LogP contribution is -2.27. The van der Waals surface area contributed by atoms with E-state index in [1.165, 1.54) is 11.8 Å². The van der Waals surface area contributed by atoms with E-state index in [1.807, 2.05) is 0 Å². The molecule has 1 atom stereocenters. The minimum atomic E-state index is -0.786. The fourth-order valence-electron chi connectivity index (χ4n) is 1.09. The number of aliphatic hydroxyl groups excluding tert-OH is 2. The van der Waals surface area contributed by atoms with Crippen LogP contribution in [0.25, 0.3) is 0 Å². The Balaban J connectivity index is 3.40. The van der Waals surface area contributed by atoms with Gasteiger partial charge in [-0.2, -0.15) is 0 Å². The van der Waals surface area contributed by atoms with Crippen molar-refractivity contribution in [3.8, 4) is 0 Å². The van der Waals surface area contributed by atoms with Crippen LogP contribution >= 0.6 is 11.8 Å². The van der Waals surface area contributed by atoms with E-state index < -0.39 is 6.10 Å². The molecule has 0 aromatic carbocycles. The number of esters is 1. The number of carbonyl (C=O) groups excluding carboxylic acids is 2. The molecule has 18 heavy (non-hydrogen) atoms. The molecule has 1 amide bonds. The topological polar surface area (TPSA) is 95.9 Å². The number of hydrogen-bond acceptors (Lipinski definition) is 6. The summed E-state index contributed by atoms with van der Waals surface area (Å²) >= 11 is 1.25. The number of nitrogens with one attached hydrogen (secondary N) is 1. The summed E-state index contributed by atoms with van der Waals surface area (Å²) in [6.45, 7) is 2.25. The van der Waals surface area contributed by atoms with Crippen molar-refractivity contribution in [3.05, 3.63) is 0 Å². The average molecular weight is 279 g/mol. The van der Waals surface area contributed by atoms with Crippen LogP contribution < -0.4 is 5.32 Å². The molecule has 0 radical (unpaired) electrons. The van der Waals surface area contributed by atoms with E-state index in [0.29, 0.717) is 31.7 Å². The van der Waals surface area contributed by atoms with Crippen molar-refractivity contribution < 1.29 is 24.5 Å². The normalized spacial score (nSPS) is 11.9. The van der Waals surface area contributed by atoms with Gasteiger partial charge >= 0.3 is 5.97 Å². The van der Waals surface area contributed by atoms with E-state index >= 15 is 0 Å². The average Bonchev–Trinajstić information content (AvgIpc) is 2.34. The van der Waals surface area contributed by atoms with Crippen LogP contribution in [0.2, 0.25) is 0 Å². The zero-order valence-electron chi connectivity index (χ0n) is 10.6. The molecule has 0 spiro atoms. The molecule has 6 nitrogen and oxygen atoms in total. The largest absolute Gasteiger partial charge is 0.466 e. The summed E-state index contributed by atoms with van der Waals surface area (Å²) < 4.78 is 4.75. The number of thioether (sulfide) groups is 1. The zero-order valence-corrected chi connectivity index (χ0v) is 11.4. The molecular formula is C11H21NO5S. The smallest absolute Gasteiger partial charge is 0.305 e. The van der Waals surface area contributed by atoms with E-state index in [-0.39, 0.29) is 24.2 Å². The number of aliphatic hydroxyl groups is 2. The lowest BCUT2D eigenvalue weighted by Gasteiger charge is -2.07. The van der Waals surface area contributed by atoms with Crippen LogP contribution in [0.5, 0.6) is 0 Å². The van der Waals surface area contributed by atoms with Crippen LogP contribution in [0, 0.1) is 0 Å². The highest BCUT2D eigenvalue weighted by atomic mass is 32.2. The lowest BCUT2D eigenvalue weighted by molar-refractivity contribution is -0.143. The van der Waals surface area contributed by atoms with Gasteiger partial charge in [0, 0.05) is 18.7 Å². The standard InChI is InChI=1S/C11H21NO5S/c1-2-17-11(16)4-3-5-12-10(15)8-18-7-9(14)6-13/h9,13-14H,2-8H2,1H3,(H,12,15). The summed E-state index contributed by atoms with van der Waals surface area (Å²) in [6, 6.07) is 0. The van der Waals surface area contributed by atoms with Crippen molar-refractivity contribution >= 4 is 23.6 Å². The van der Waals surface area contributed by atoms with Gasteiger partial charge in [0.15, 0.2) is 0 Å². The summed E-state index contributed by atoms with van der Waals surface area (Å²) in [5, 5.41) is 20.3. The van der Waals surface area contributed by atoms with Gasteiger partial charge in [0.2, 0.25) is 5.91 Å². The third kappa shape index (κ3) is 10.4. The minimum absolute atomic E-state index is 0.144. The second-order valence-electron chi connectivity index (χ2n) is 3.61. The molecule has 0 aromatic heterocycles. The number of carbonyl (C=O) groups is 2. The van der Waals surface area contributed by atoms with E-state index in [2.05, 4.69) is 5.32 Å². The molecule has 7 heteroatoms. The minimum Gasteiger partial charge on any atom is -0.466 e. The Morgan fingerprint density at radius 1 is 1.44 bits per heavy atom. The summed E-state index contributed by atoms with van der Waals surface area (Å²) in [5.41, 5.74) is 0. The van der Waals surface area contributed by atoms with Crippen molar-refractivity contribution in [2.45, 2.75) is 25.9 Å². The highest BCUT2D eigenvalue weighted by molar-refractivity contribution is 7.99. The van der Waals surface area contributed by atoms with Crippen molar-refractivity contribution in [3.63, 3.8) is 0 Å². The number of ether oxygens (including phenoxy) is 1. The first-order valence-corrected chi connectivity index (χ1v) is 7.04. The number of hydrogen-bond donors (Lipinski definition) is 3. The Labute approximate surface area is 111 Å². The fraction of sp³-hybridized carbons (Fsp3) is 0.818. The molecule has 0 fully saturated rings. The lowest BCUT2D eigenvalue weighted by atomic mass is 10.3. The summed E-state index contributed by atoms with van der Waals surface area (Å²) in [6.07, 6.45) is 0.0607. The quantitative estimate of drug-likeness (QED) is 0.370. The molecule has 0 rings (SSSR count). The SMILES string of the molecule is CCOC(=O)CCCNC(=O)CSCC(O)CO. The maximum absolute atomic E-state index is 11.3. The Morgan fingerprint density at radius 3 is 2.78 bits per heavy atom. The Bertz CT molecular complexity index is 250. The Morgan fingerprint density at radius 2 is 2.17 bits per heavy atom. The number of amides is 1. The van der Waals surface area contributed by atoms with E-state index in [0.717, 1.165) is 0 Å². The zero-order chi connectivity index (χ0) is 13.8. The summed E-state index contributed by atoms with van der Waals surface area (Å²) in [7, 11) is 0. The molecule has 0 saturated heterocycles. The third-order valence-electron chi connectivity index (χ3n) is 1.94. The molecular weight excluding hydrogens is 258 g/mol. The van der Waals surface area contributed by atoms with Crippen molar-refractivity contribution in [1.82, 2.24) is 5.32 Å². The van der Waals surface area contributed by atoms with E-state index in [4.69, 9.17) is 14.9 Å². The highest BCUT2D eigenvalue weighted by Crippen LogP contribution is 2.02. The first-order chi connectivity index (χ1) is 8.60. The van der Waals surface area contributed by atoms with Crippen LogP contribution in [-0.2, 0) is 14.3 Å². The first kappa shape index (κ1) is 17.2. The summed E-state index contributed by atoms with van der Waals surface area (Å²) in [4.78, 5) is 22.3. The monoisotopic (exact) mass is 279 g/mol. The molecule has 0 aliphatic rings.